The van der Waals surface area contributed by atoms with Crippen LogP contribution < -0.4 is 15.8 Å². The maximum atomic E-state index is 6.16. The SMILES string of the molecule is CC1CCC(Nc2cccc(OC(C)C)c2N)C1. The van der Waals surface area contributed by atoms with Gasteiger partial charge < -0.3 is 15.8 Å². The molecule has 1 aromatic rings. The summed E-state index contributed by atoms with van der Waals surface area (Å²) >= 11 is 0. The molecule has 0 radical (unpaired) electrons. The Morgan fingerprint density at radius 2 is 2.11 bits per heavy atom. The monoisotopic (exact) mass is 248 g/mol. The minimum atomic E-state index is 0.147. The number of hydrogen-bond donors (Lipinski definition) is 2. The summed E-state index contributed by atoms with van der Waals surface area (Å²) in [6.07, 6.45) is 3.92. The molecule has 0 aliphatic heterocycles. The highest BCUT2D eigenvalue weighted by Crippen LogP contribution is 2.33. The van der Waals surface area contributed by atoms with Crippen LogP contribution in [0.5, 0.6) is 5.75 Å². The molecular weight excluding hydrogens is 224 g/mol. The van der Waals surface area contributed by atoms with Gasteiger partial charge in [0.15, 0.2) is 0 Å². The van der Waals surface area contributed by atoms with E-state index in [4.69, 9.17) is 10.5 Å². The zero-order valence-corrected chi connectivity index (χ0v) is 11.6. The lowest BCUT2D eigenvalue weighted by Gasteiger charge is -2.19. The number of ether oxygens (including phenoxy) is 1. The zero-order chi connectivity index (χ0) is 13.1. The lowest BCUT2D eigenvalue weighted by molar-refractivity contribution is 0.244. The van der Waals surface area contributed by atoms with Gasteiger partial charge in [-0.15, -0.1) is 0 Å². The van der Waals surface area contributed by atoms with Crippen LogP contribution in [-0.4, -0.2) is 12.1 Å². The quantitative estimate of drug-likeness (QED) is 0.799. The lowest BCUT2D eigenvalue weighted by Crippen LogP contribution is -2.17. The number of hydrogen-bond acceptors (Lipinski definition) is 3. The number of para-hydroxylation sites is 1. The lowest BCUT2D eigenvalue weighted by atomic mass is 10.1. The highest BCUT2D eigenvalue weighted by molar-refractivity contribution is 5.73. The molecule has 3 nitrogen and oxygen atoms in total. The summed E-state index contributed by atoms with van der Waals surface area (Å²) < 4.78 is 5.71. The second-order valence-electron chi connectivity index (χ2n) is 5.64. The molecule has 0 aromatic heterocycles. The fraction of sp³-hybridized carbons (Fsp3) is 0.600. The van der Waals surface area contributed by atoms with E-state index in [-0.39, 0.29) is 6.10 Å². The maximum Gasteiger partial charge on any atom is 0.144 e. The first-order valence-corrected chi connectivity index (χ1v) is 6.88. The topological polar surface area (TPSA) is 47.3 Å². The highest BCUT2D eigenvalue weighted by atomic mass is 16.5. The molecule has 100 valence electrons. The van der Waals surface area contributed by atoms with Crippen LogP contribution in [0.3, 0.4) is 0 Å². The Kier molecular flexibility index (Phi) is 4.00. The van der Waals surface area contributed by atoms with E-state index in [1.165, 1.54) is 19.3 Å². The number of nitrogens with two attached hydrogens (primary N) is 1. The van der Waals surface area contributed by atoms with Crippen LogP contribution in [0.15, 0.2) is 18.2 Å². The Morgan fingerprint density at radius 1 is 1.33 bits per heavy atom. The van der Waals surface area contributed by atoms with E-state index >= 15 is 0 Å². The van der Waals surface area contributed by atoms with Crippen LogP contribution in [0.25, 0.3) is 0 Å². The fourth-order valence-corrected chi connectivity index (χ4v) is 2.58. The maximum absolute atomic E-state index is 6.16. The first-order valence-electron chi connectivity index (χ1n) is 6.88. The van der Waals surface area contributed by atoms with Crippen LogP contribution in [0.1, 0.15) is 40.0 Å². The summed E-state index contributed by atoms with van der Waals surface area (Å²) in [6, 6.07) is 6.51. The van der Waals surface area contributed by atoms with Crippen molar-refractivity contribution in [3.05, 3.63) is 18.2 Å². The first-order chi connectivity index (χ1) is 8.56. The van der Waals surface area contributed by atoms with E-state index in [1.54, 1.807) is 0 Å². The molecule has 1 aromatic carbocycles. The van der Waals surface area contributed by atoms with Gasteiger partial charge in [0, 0.05) is 6.04 Å². The predicted molar refractivity (Wildman–Crippen MR) is 77.0 cm³/mol. The van der Waals surface area contributed by atoms with E-state index in [9.17, 15) is 0 Å². The number of anilines is 2. The molecule has 3 heteroatoms. The Hall–Kier alpha value is -1.38. The average molecular weight is 248 g/mol. The van der Waals surface area contributed by atoms with Crippen molar-refractivity contribution in [2.24, 2.45) is 5.92 Å². The molecule has 1 aliphatic rings. The number of nitrogens with one attached hydrogen (secondary N) is 1. The first kappa shape index (κ1) is 13.1. The van der Waals surface area contributed by atoms with Gasteiger partial charge in [0.25, 0.3) is 0 Å². The van der Waals surface area contributed by atoms with E-state index in [0.717, 1.165) is 23.0 Å². The molecule has 2 unspecified atom stereocenters. The molecule has 0 bridgehead atoms. The molecule has 0 saturated heterocycles. The average Bonchev–Trinajstić information content (AvgIpc) is 2.69. The van der Waals surface area contributed by atoms with Crippen LogP contribution in [-0.2, 0) is 0 Å². The van der Waals surface area contributed by atoms with E-state index < -0.39 is 0 Å². The van der Waals surface area contributed by atoms with Crippen molar-refractivity contribution in [2.75, 3.05) is 11.1 Å². The van der Waals surface area contributed by atoms with Crippen LogP contribution in [0, 0.1) is 5.92 Å². The second-order valence-corrected chi connectivity index (χ2v) is 5.64. The molecule has 18 heavy (non-hydrogen) atoms. The molecule has 1 aliphatic carbocycles. The van der Waals surface area contributed by atoms with Crippen LogP contribution in [0.2, 0.25) is 0 Å². The number of benzene rings is 1. The summed E-state index contributed by atoms with van der Waals surface area (Å²) in [5.74, 6) is 1.60. The van der Waals surface area contributed by atoms with Crippen molar-refractivity contribution >= 4 is 11.4 Å². The zero-order valence-electron chi connectivity index (χ0n) is 11.6. The molecule has 0 spiro atoms. The van der Waals surface area contributed by atoms with Crippen molar-refractivity contribution in [2.45, 2.75) is 52.2 Å². The minimum absolute atomic E-state index is 0.147. The molecular formula is C15H24N2O. The van der Waals surface area contributed by atoms with Gasteiger partial charge in [-0.05, 0) is 51.2 Å². The normalized spacial score (nSPS) is 23.3. The standard InChI is InChI=1S/C15H24N2O/c1-10(2)18-14-6-4-5-13(15(14)16)17-12-8-7-11(3)9-12/h4-6,10-12,17H,7-9,16H2,1-3H3. The third-order valence-electron chi connectivity index (χ3n) is 3.48. The third kappa shape index (κ3) is 3.09. The van der Waals surface area contributed by atoms with Gasteiger partial charge in [-0.1, -0.05) is 13.0 Å². The van der Waals surface area contributed by atoms with Gasteiger partial charge in [-0.2, -0.15) is 0 Å². The van der Waals surface area contributed by atoms with Gasteiger partial charge in [0.05, 0.1) is 17.5 Å². The molecule has 3 N–H and O–H groups in total. The largest absolute Gasteiger partial charge is 0.489 e. The summed E-state index contributed by atoms with van der Waals surface area (Å²) in [4.78, 5) is 0. The molecule has 1 saturated carbocycles. The highest BCUT2D eigenvalue weighted by Gasteiger charge is 2.21. The van der Waals surface area contributed by atoms with Gasteiger partial charge in [0.2, 0.25) is 0 Å². The smallest absolute Gasteiger partial charge is 0.144 e. The summed E-state index contributed by atoms with van der Waals surface area (Å²) in [5.41, 5.74) is 7.89. The summed E-state index contributed by atoms with van der Waals surface area (Å²) in [6.45, 7) is 6.33. The molecule has 0 heterocycles. The summed E-state index contributed by atoms with van der Waals surface area (Å²) in [7, 11) is 0. The minimum Gasteiger partial charge on any atom is -0.489 e. The Morgan fingerprint density at radius 3 is 2.72 bits per heavy atom. The van der Waals surface area contributed by atoms with Crippen LogP contribution in [0.4, 0.5) is 11.4 Å². The van der Waals surface area contributed by atoms with Crippen molar-refractivity contribution in [3.63, 3.8) is 0 Å². The van der Waals surface area contributed by atoms with E-state index in [2.05, 4.69) is 12.2 Å². The number of nitrogen functional groups attached to an aromatic ring is 1. The summed E-state index contributed by atoms with van der Waals surface area (Å²) in [5, 5.41) is 3.55. The second kappa shape index (κ2) is 5.51. The van der Waals surface area contributed by atoms with Gasteiger partial charge in [-0.3, -0.25) is 0 Å². The van der Waals surface area contributed by atoms with Crippen molar-refractivity contribution in [1.82, 2.24) is 0 Å². The Balaban J connectivity index is 2.08. The van der Waals surface area contributed by atoms with E-state index in [1.807, 2.05) is 32.0 Å². The number of rotatable bonds is 4. The third-order valence-corrected chi connectivity index (χ3v) is 3.48. The Bertz CT molecular complexity index is 403. The van der Waals surface area contributed by atoms with Gasteiger partial charge in [0.1, 0.15) is 5.75 Å². The Labute approximate surface area is 110 Å². The molecule has 2 atom stereocenters. The predicted octanol–water partition coefficient (Wildman–Crippen LogP) is 3.66. The van der Waals surface area contributed by atoms with Crippen LogP contribution >= 0.6 is 0 Å². The van der Waals surface area contributed by atoms with Gasteiger partial charge in [-0.25, -0.2) is 0 Å². The van der Waals surface area contributed by atoms with Crippen molar-refractivity contribution < 1.29 is 4.74 Å². The van der Waals surface area contributed by atoms with E-state index in [0.29, 0.717) is 6.04 Å². The van der Waals surface area contributed by atoms with Crippen molar-refractivity contribution in [1.29, 1.82) is 0 Å². The fourth-order valence-electron chi connectivity index (χ4n) is 2.58. The molecule has 1 fully saturated rings. The molecule has 2 rings (SSSR count). The molecule has 0 amide bonds. The van der Waals surface area contributed by atoms with Gasteiger partial charge >= 0.3 is 0 Å². The van der Waals surface area contributed by atoms with Crippen molar-refractivity contribution in [3.8, 4) is 5.75 Å².